The number of nitrogens with zero attached hydrogens (tertiary/aromatic N) is 1. The molecule has 0 aromatic heterocycles. The van der Waals surface area contributed by atoms with Crippen LogP contribution in [-0.4, -0.2) is 30.8 Å². The SMILES string of the molecule is CC(=O)N1CCCc2cccc(B3OC(C)(C)C(C)(C)O3)c21. The van der Waals surface area contributed by atoms with Crippen LogP contribution >= 0.6 is 0 Å². The zero-order valence-electron chi connectivity index (χ0n) is 14.1. The standard InChI is InChI=1S/C17H24BNO3/c1-12(20)19-11-7-9-13-8-6-10-14(15(13)19)18-21-16(2,3)17(4,5)22-18/h6,8,10H,7,9,11H2,1-5H3. The van der Waals surface area contributed by atoms with Crippen molar-refractivity contribution in [3.05, 3.63) is 23.8 Å². The van der Waals surface area contributed by atoms with Gasteiger partial charge in [-0.1, -0.05) is 18.2 Å². The van der Waals surface area contributed by atoms with Gasteiger partial charge in [0.05, 0.1) is 11.2 Å². The molecule has 0 spiro atoms. The molecule has 1 fully saturated rings. The number of benzene rings is 1. The molecule has 2 aliphatic heterocycles. The van der Waals surface area contributed by atoms with E-state index in [-0.39, 0.29) is 17.1 Å². The van der Waals surface area contributed by atoms with Gasteiger partial charge in [0, 0.05) is 24.6 Å². The van der Waals surface area contributed by atoms with Gasteiger partial charge in [-0.25, -0.2) is 0 Å². The fourth-order valence-corrected chi connectivity index (χ4v) is 3.16. The summed E-state index contributed by atoms with van der Waals surface area (Å²) in [4.78, 5) is 13.9. The van der Waals surface area contributed by atoms with E-state index in [1.165, 1.54) is 5.56 Å². The van der Waals surface area contributed by atoms with Crippen LogP contribution in [0.25, 0.3) is 0 Å². The molecule has 0 bridgehead atoms. The van der Waals surface area contributed by atoms with Crippen molar-refractivity contribution in [1.82, 2.24) is 0 Å². The fourth-order valence-electron chi connectivity index (χ4n) is 3.16. The van der Waals surface area contributed by atoms with E-state index in [0.717, 1.165) is 30.5 Å². The Labute approximate surface area is 132 Å². The van der Waals surface area contributed by atoms with Crippen LogP contribution in [0.3, 0.4) is 0 Å². The molecule has 5 heteroatoms. The average molecular weight is 301 g/mol. The van der Waals surface area contributed by atoms with Crippen molar-refractivity contribution in [3.63, 3.8) is 0 Å². The Balaban J connectivity index is 2.05. The Morgan fingerprint density at radius 3 is 2.41 bits per heavy atom. The van der Waals surface area contributed by atoms with E-state index in [1.807, 2.05) is 44.7 Å². The average Bonchev–Trinajstić information content (AvgIpc) is 2.66. The van der Waals surface area contributed by atoms with Crippen molar-refractivity contribution in [2.75, 3.05) is 11.4 Å². The van der Waals surface area contributed by atoms with E-state index in [9.17, 15) is 4.79 Å². The van der Waals surface area contributed by atoms with Crippen LogP contribution in [0.15, 0.2) is 18.2 Å². The molecule has 1 aromatic carbocycles. The van der Waals surface area contributed by atoms with Gasteiger partial charge >= 0.3 is 7.12 Å². The Morgan fingerprint density at radius 2 is 1.82 bits per heavy atom. The lowest BCUT2D eigenvalue weighted by Gasteiger charge is -2.32. The zero-order valence-corrected chi connectivity index (χ0v) is 14.1. The Bertz CT molecular complexity index is 596. The molecule has 22 heavy (non-hydrogen) atoms. The number of carbonyl (C=O) groups is 1. The van der Waals surface area contributed by atoms with Crippen molar-refractivity contribution < 1.29 is 14.1 Å². The molecule has 118 valence electrons. The minimum Gasteiger partial charge on any atom is -0.399 e. The Hall–Kier alpha value is -1.33. The van der Waals surface area contributed by atoms with E-state index in [1.54, 1.807) is 6.92 Å². The molecule has 2 aliphatic rings. The largest absolute Gasteiger partial charge is 0.496 e. The van der Waals surface area contributed by atoms with Crippen molar-refractivity contribution in [3.8, 4) is 0 Å². The second-order valence-electron chi connectivity index (χ2n) is 7.22. The number of anilines is 1. The van der Waals surface area contributed by atoms with Crippen molar-refractivity contribution in [2.45, 2.75) is 58.7 Å². The number of carbonyl (C=O) groups excluding carboxylic acids is 1. The molecule has 1 saturated heterocycles. The zero-order chi connectivity index (χ0) is 16.1. The van der Waals surface area contributed by atoms with Crippen LogP contribution in [0, 0.1) is 0 Å². The van der Waals surface area contributed by atoms with E-state index in [0.29, 0.717) is 0 Å². The summed E-state index contributed by atoms with van der Waals surface area (Å²) in [6.45, 7) is 10.6. The second kappa shape index (κ2) is 5.10. The van der Waals surface area contributed by atoms with Crippen LogP contribution < -0.4 is 10.4 Å². The first kappa shape index (κ1) is 15.6. The highest BCUT2D eigenvalue weighted by Gasteiger charge is 2.52. The summed E-state index contributed by atoms with van der Waals surface area (Å²) < 4.78 is 12.4. The van der Waals surface area contributed by atoms with Crippen molar-refractivity contribution >= 4 is 24.2 Å². The topological polar surface area (TPSA) is 38.8 Å². The number of aryl methyl sites for hydroxylation is 1. The maximum Gasteiger partial charge on any atom is 0.496 e. The highest BCUT2D eigenvalue weighted by molar-refractivity contribution is 6.64. The van der Waals surface area contributed by atoms with Crippen LogP contribution in [0.5, 0.6) is 0 Å². The number of para-hydroxylation sites is 1. The van der Waals surface area contributed by atoms with Crippen LogP contribution in [-0.2, 0) is 20.5 Å². The van der Waals surface area contributed by atoms with Gasteiger partial charge in [0.15, 0.2) is 0 Å². The second-order valence-corrected chi connectivity index (χ2v) is 7.22. The summed E-state index contributed by atoms with van der Waals surface area (Å²) in [7, 11) is -0.431. The first-order chi connectivity index (χ1) is 10.2. The van der Waals surface area contributed by atoms with E-state index in [2.05, 4.69) is 6.07 Å². The minimum absolute atomic E-state index is 0.0740. The molecule has 2 heterocycles. The van der Waals surface area contributed by atoms with Gasteiger partial charge in [0.2, 0.25) is 5.91 Å². The lowest BCUT2D eigenvalue weighted by Crippen LogP contribution is -2.43. The lowest BCUT2D eigenvalue weighted by atomic mass is 9.75. The molecule has 0 radical (unpaired) electrons. The van der Waals surface area contributed by atoms with Gasteiger partial charge in [0.1, 0.15) is 0 Å². The third kappa shape index (κ3) is 2.36. The summed E-state index contributed by atoms with van der Waals surface area (Å²) in [5.41, 5.74) is 2.39. The number of amides is 1. The number of fused-ring (bicyclic) bond motifs is 1. The minimum atomic E-state index is -0.431. The van der Waals surface area contributed by atoms with Crippen molar-refractivity contribution in [1.29, 1.82) is 0 Å². The van der Waals surface area contributed by atoms with E-state index >= 15 is 0 Å². The van der Waals surface area contributed by atoms with E-state index in [4.69, 9.17) is 9.31 Å². The van der Waals surface area contributed by atoms with Gasteiger partial charge < -0.3 is 14.2 Å². The number of rotatable bonds is 1. The first-order valence-electron chi connectivity index (χ1n) is 7.98. The molecular weight excluding hydrogens is 277 g/mol. The first-order valence-corrected chi connectivity index (χ1v) is 7.98. The molecule has 0 saturated carbocycles. The highest BCUT2D eigenvalue weighted by atomic mass is 16.7. The predicted molar refractivity (Wildman–Crippen MR) is 88.5 cm³/mol. The number of hydrogen-bond donors (Lipinski definition) is 0. The van der Waals surface area contributed by atoms with Crippen LogP contribution in [0.1, 0.15) is 46.6 Å². The molecule has 0 atom stereocenters. The predicted octanol–water partition coefficient (Wildman–Crippen LogP) is 2.28. The fraction of sp³-hybridized carbons (Fsp3) is 0.588. The molecular formula is C17H24BNO3. The molecule has 0 aliphatic carbocycles. The smallest absolute Gasteiger partial charge is 0.399 e. The maximum absolute atomic E-state index is 12.0. The lowest BCUT2D eigenvalue weighted by molar-refractivity contribution is -0.116. The molecule has 4 nitrogen and oxygen atoms in total. The highest BCUT2D eigenvalue weighted by Crippen LogP contribution is 2.38. The summed E-state index contributed by atoms with van der Waals surface area (Å²) in [5.74, 6) is 0.0740. The summed E-state index contributed by atoms with van der Waals surface area (Å²) in [5, 5.41) is 0. The molecule has 0 unspecified atom stereocenters. The normalized spacial score (nSPS) is 22.6. The Morgan fingerprint density at radius 1 is 1.18 bits per heavy atom. The van der Waals surface area contributed by atoms with Crippen LogP contribution in [0.4, 0.5) is 5.69 Å². The monoisotopic (exact) mass is 301 g/mol. The van der Waals surface area contributed by atoms with Crippen molar-refractivity contribution in [2.24, 2.45) is 0 Å². The summed E-state index contributed by atoms with van der Waals surface area (Å²) in [6.07, 6.45) is 1.99. The molecule has 1 aromatic rings. The quantitative estimate of drug-likeness (QED) is 0.747. The summed E-state index contributed by atoms with van der Waals surface area (Å²) in [6, 6.07) is 6.14. The maximum atomic E-state index is 12.0. The van der Waals surface area contributed by atoms with Gasteiger partial charge in [-0.3, -0.25) is 4.79 Å². The molecule has 1 amide bonds. The third-order valence-electron chi connectivity index (χ3n) is 5.14. The van der Waals surface area contributed by atoms with E-state index < -0.39 is 7.12 Å². The number of hydrogen-bond acceptors (Lipinski definition) is 3. The molecule has 0 N–H and O–H groups in total. The Kier molecular flexibility index (Phi) is 3.61. The van der Waals surface area contributed by atoms with Gasteiger partial charge in [-0.05, 0) is 46.1 Å². The third-order valence-corrected chi connectivity index (χ3v) is 5.14. The van der Waals surface area contributed by atoms with Gasteiger partial charge in [-0.15, -0.1) is 0 Å². The van der Waals surface area contributed by atoms with Gasteiger partial charge in [-0.2, -0.15) is 0 Å². The van der Waals surface area contributed by atoms with Crippen LogP contribution in [0.2, 0.25) is 0 Å². The summed E-state index contributed by atoms with van der Waals surface area (Å²) >= 11 is 0. The van der Waals surface area contributed by atoms with Gasteiger partial charge in [0.25, 0.3) is 0 Å². The molecule has 3 rings (SSSR count).